The van der Waals surface area contributed by atoms with Crippen LogP contribution in [0.25, 0.3) is 0 Å². The summed E-state index contributed by atoms with van der Waals surface area (Å²) in [7, 11) is 0. The molecule has 0 aromatic rings. The van der Waals surface area contributed by atoms with Crippen LogP contribution in [0.5, 0.6) is 0 Å². The van der Waals surface area contributed by atoms with E-state index in [-0.39, 0.29) is 5.71 Å². The van der Waals surface area contributed by atoms with Gasteiger partial charge in [-0.3, -0.25) is 0 Å². The summed E-state index contributed by atoms with van der Waals surface area (Å²) < 4.78 is 0.308. The molecule has 6 nitrogen and oxygen atoms in total. The quantitative estimate of drug-likeness (QED) is 0.441. The highest BCUT2D eigenvalue weighted by atomic mass is 16.6. The third kappa shape index (κ3) is 1.18. The summed E-state index contributed by atoms with van der Waals surface area (Å²) in [6.07, 6.45) is -1.53. The predicted molar refractivity (Wildman–Crippen MR) is 43.4 cm³/mol. The van der Waals surface area contributed by atoms with E-state index in [0.29, 0.717) is 9.80 Å². The summed E-state index contributed by atoms with van der Waals surface area (Å²) in [6, 6.07) is 0. The molecule has 74 valence electrons. The van der Waals surface area contributed by atoms with E-state index in [4.69, 9.17) is 5.11 Å². The van der Waals surface area contributed by atoms with Gasteiger partial charge in [-0.25, -0.2) is 4.79 Å². The average Bonchev–Trinajstić information content (AvgIpc) is 2.14. The highest BCUT2D eigenvalue weighted by molar-refractivity contribution is 5.89. The number of carboxylic acids is 1. The van der Waals surface area contributed by atoms with Crippen molar-refractivity contribution in [3.05, 3.63) is 5.21 Å². The Bertz CT molecular complexity index is 284. The van der Waals surface area contributed by atoms with Gasteiger partial charge in [0.05, 0.1) is 0 Å². The Morgan fingerprint density at radius 3 is 2.31 bits per heavy atom. The largest absolute Gasteiger partial charge is 0.622 e. The summed E-state index contributed by atoms with van der Waals surface area (Å²) >= 11 is 0. The van der Waals surface area contributed by atoms with Gasteiger partial charge in [-0.15, -0.1) is 5.06 Å². The van der Waals surface area contributed by atoms with Crippen molar-refractivity contribution in [2.24, 2.45) is 0 Å². The first-order valence-electron chi connectivity index (χ1n) is 3.81. The van der Waals surface area contributed by atoms with E-state index in [9.17, 15) is 15.2 Å². The molecular formula is C7H12N2O4. The second-order valence-corrected chi connectivity index (χ2v) is 3.53. The van der Waals surface area contributed by atoms with Gasteiger partial charge in [0.15, 0.2) is 5.71 Å². The molecule has 0 aromatic heterocycles. The Kier molecular flexibility index (Phi) is 2.05. The molecule has 0 bridgehead atoms. The molecule has 6 heteroatoms. The fourth-order valence-corrected chi connectivity index (χ4v) is 1.23. The van der Waals surface area contributed by atoms with Crippen LogP contribution in [-0.2, 0) is 4.79 Å². The normalized spacial score (nSPS) is 28.2. The van der Waals surface area contributed by atoms with Crippen molar-refractivity contribution in [1.29, 1.82) is 0 Å². The molecule has 1 unspecified atom stereocenters. The van der Waals surface area contributed by atoms with Gasteiger partial charge in [0.2, 0.25) is 0 Å². The van der Waals surface area contributed by atoms with Crippen LogP contribution in [0.2, 0.25) is 0 Å². The first-order valence-corrected chi connectivity index (χ1v) is 3.81. The number of hydrogen-bond acceptors (Lipinski definition) is 4. The van der Waals surface area contributed by atoms with Crippen LogP contribution >= 0.6 is 0 Å². The first kappa shape index (κ1) is 9.94. The molecule has 1 heterocycles. The standard InChI is InChI=1S/C7H12N2O4/c1-4-7(2,3)9(13)5(6(10)11)8(4)12/h5,13H,1-3H3,(H,10,11). The molecule has 0 amide bonds. The lowest BCUT2D eigenvalue weighted by Gasteiger charge is -2.22. The molecule has 0 saturated heterocycles. The topological polar surface area (TPSA) is 86.8 Å². The molecule has 0 aromatic carbocycles. The lowest BCUT2D eigenvalue weighted by molar-refractivity contribution is -0.523. The van der Waals surface area contributed by atoms with E-state index < -0.39 is 17.7 Å². The van der Waals surface area contributed by atoms with Crippen molar-refractivity contribution in [1.82, 2.24) is 5.06 Å². The van der Waals surface area contributed by atoms with E-state index in [1.54, 1.807) is 13.8 Å². The maximum absolute atomic E-state index is 11.3. The Morgan fingerprint density at radius 2 is 2.15 bits per heavy atom. The van der Waals surface area contributed by atoms with E-state index in [0.717, 1.165) is 0 Å². The molecule has 1 aliphatic rings. The summed E-state index contributed by atoms with van der Waals surface area (Å²) in [4.78, 5) is 10.6. The minimum Gasteiger partial charge on any atom is -0.622 e. The Labute approximate surface area is 75.2 Å². The van der Waals surface area contributed by atoms with Gasteiger partial charge in [0.1, 0.15) is 5.54 Å². The maximum Gasteiger partial charge on any atom is 0.393 e. The smallest absolute Gasteiger partial charge is 0.393 e. The van der Waals surface area contributed by atoms with E-state index in [1.807, 2.05) is 0 Å². The highest BCUT2D eigenvalue weighted by Gasteiger charge is 2.52. The number of rotatable bonds is 1. The van der Waals surface area contributed by atoms with Gasteiger partial charge >= 0.3 is 12.1 Å². The van der Waals surface area contributed by atoms with Crippen LogP contribution in [0, 0.1) is 5.21 Å². The molecule has 0 spiro atoms. The molecule has 2 N–H and O–H groups in total. The monoisotopic (exact) mass is 188 g/mol. The van der Waals surface area contributed by atoms with Gasteiger partial charge in [-0.2, -0.15) is 4.74 Å². The average molecular weight is 188 g/mol. The van der Waals surface area contributed by atoms with Gasteiger partial charge in [0, 0.05) is 6.92 Å². The summed E-state index contributed by atoms with van der Waals surface area (Å²) in [5, 5.41) is 29.9. The van der Waals surface area contributed by atoms with Gasteiger partial charge in [0.25, 0.3) is 0 Å². The van der Waals surface area contributed by atoms with Crippen LogP contribution < -0.4 is 0 Å². The van der Waals surface area contributed by atoms with Crippen LogP contribution in [0.1, 0.15) is 20.8 Å². The summed E-state index contributed by atoms with van der Waals surface area (Å²) in [6.45, 7) is 4.66. The Balaban J connectivity index is 3.14. The first-order chi connectivity index (χ1) is 5.80. The molecule has 0 aliphatic carbocycles. The summed E-state index contributed by atoms with van der Waals surface area (Å²) in [5.74, 6) is -1.36. The lowest BCUT2D eigenvalue weighted by Crippen LogP contribution is -2.48. The van der Waals surface area contributed by atoms with Crippen molar-refractivity contribution in [2.75, 3.05) is 0 Å². The highest BCUT2D eigenvalue weighted by Crippen LogP contribution is 2.24. The van der Waals surface area contributed by atoms with Crippen molar-refractivity contribution >= 4 is 11.7 Å². The van der Waals surface area contributed by atoms with E-state index >= 15 is 0 Å². The summed E-state index contributed by atoms with van der Waals surface area (Å²) in [5.41, 5.74) is -0.646. The predicted octanol–water partition coefficient (Wildman–Crippen LogP) is -0.148. The van der Waals surface area contributed by atoms with Gasteiger partial charge in [-0.1, -0.05) is 0 Å². The third-order valence-electron chi connectivity index (χ3n) is 2.46. The SMILES string of the molecule is CC1=[N+]([O-])C(C(=O)O)N(O)C1(C)C. The number of aliphatic carboxylic acids is 1. The fraction of sp³-hybridized carbons (Fsp3) is 0.714. The van der Waals surface area contributed by atoms with Crippen LogP contribution in [0.15, 0.2) is 0 Å². The number of hydroxylamine groups is 3. The molecule has 1 rings (SSSR count). The van der Waals surface area contributed by atoms with Crippen molar-refractivity contribution in [3.63, 3.8) is 0 Å². The van der Waals surface area contributed by atoms with E-state index in [2.05, 4.69) is 0 Å². The molecular weight excluding hydrogens is 176 g/mol. The van der Waals surface area contributed by atoms with E-state index in [1.165, 1.54) is 6.92 Å². The molecule has 0 saturated carbocycles. The van der Waals surface area contributed by atoms with Crippen LogP contribution in [0.4, 0.5) is 0 Å². The molecule has 1 aliphatic heterocycles. The zero-order chi connectivity index (χ0) is 10.4. The Morgan fingerprint density at radius 1 is 1.69 bits per heavy atom. The van der Waals surface area contributed by atoms with Crippen LogP contribution in [-0.4, -0.2) is 43.5 Å². The number of carboxylic acid groups (broad SMARTS) is 1. The molecule has 0 radical (unpaired) electrons. The van der Waals surface area contributed by atoms with Crippen molar-refractivity contribution in [2.45, 2.75) is 32.5 Å². The molecule has 1 atom stereocenters. The number of hydrogen-bond donors (Lipinski definition) is 2. The zero-order valence-corrected chi connectivity index (χ0v) is 7.68. The van der Waals surface area contributed by atoms with Crippen molar-refractivity contribution in [3.8, 4) is 0 Å². The molecule has 13 heavy (non-hydrogen) atoms. The van der Waals surface area contributed by atoms with Gasteiger partial charge < -0.3 is 15.5 Å². The minimum atomic E-state index is -1.53. The second-order valence-electron chi connectivity index (χ2n) is 3.53. The van der Waals surface area contributed by atoms with Crippen molar-refractivity contribution < 1.29 is 19.8 Å². The Hall–Kier alpha value is -1.14. The lowest BCUT2D eigenvalue weighted by atomic mass is 10.0. The minimum absolute atomic E-state index is 0.280. The number of nitrogens with zero attached hydrogens (tertiary/aromatic N) is 2. The fourth-order valence-electron chi connectivity index (χ4n) is 1.23. The maximum atomic E-state index is 11.3. The molecule has 0 fully saturated rings. The number of carbonyl (C=O) groups is 1. The van der Waals surface area contributed by atoms with Gasteiger partial charge in [-0.05, 0) is 13.8 Å². The second kappa shape index (κ2) is 2.68. The van der Waals surface area contributed by atoms with Crippen LogP contribution in [0.3, 0.4) is 0 Å². The third-order valence-corrected chi connectivity index (χ3v) is 2.46. The zero-order valence-electron chi connectivity index (χ0n) is 7.68.